The maximum atomic E-state index is 5.86. The predicted octanol–water partition coefficient (Wildman–Crippen LogP) is 2.33. The Labute approximate surface area is 97.8 Å². The Morgan fingerprint density at radius 3 is 2.81 bits per heavy atom. The van der Waals surface area contributed by atoms with E-state index in [0.717, 1.165) is 13.0 Å². The summed E-state index contributed by atoms with van der Waals surface area (Å²) < 4.78 is 0. The lowest BCUT2D eigenvalue weighted by molar-refractivity contribution is 0.586. The molecule has 0 saturated heterocycles. The van der Waals surface area contributed by atoms with Crippen LogP contribution in [0.15, 0.2) is 36.4 Å². The fourth-order valence-electron chi connectivity index (χ4n) is 2.26. The Hall–Kier alpha value is -1.28. The first-order valence-corrected chi connectivity index (χ1v) is 5.87. The number of nitrogens with zero attached hydrogens (tertiary/aromatic N) is 1. The molecule has 0 saturated carbocycles. The van der Waals surface area contributed by atoms with E-state index in [4.69, 9.17) is 5.73 Å². The van der Waals surface area contributed by atoms with Gasteiger partial charge in [0.25, 0.3) is 0 Å². The number of nitrogens with two attached hydrogens (primary N) is 1. The highest BCUT2D eigenvalue weighted by atomic mass is 15.1. The second kappa shape index (κ2) is 4.71. The van der Waals surface area contributed by atoms with Crippen molar-refractivity contribution in [2.24, 2.45) is 11.7 Å². The van der Waals surface area contributed by atoms with Crippen LogP contribution >= 0.6 is 0 Å². The zero-order valence-corrected chi connectivity index (χ0v) is 10.1. The minimum atomic E-state index is 0.260. The van der Waals surface area contributed by atoms with Crippen molar-refractivity contribution in [2.45, 2.75) is 19.4 Å². The first kappa shape index (κ1) is 11.2. The summed E-state index contributed by atoms with van der Waals surface area (Å²) in [4.78, 5) is 2.31. The van der Waals surface area contributed by atoms with Gasteiger partial charge in [0.1, 0.15) is 0 Å². The van der Waals surface area contributed by atoms with Crippen LogP contribution in [0.2, 0.25) is 0 Å². The lowest BCUT2D eigenvalue weighted by Gasteiger charge is -2.23. The normalized spacial score (nSPS) is 23.7. The lowest BCUT2D eigenvalue weighted by Crippen LogP contribution is -2.25. The van der Waals surface area contributed by atoms with E-state index in [1.54, 1.807) is 0 Å². The Kier molecular flexibility index (Phi) is 3.30. The van der Waals surface area contributed by atoms with Gasteiger partial charge in [0, 0.05) is 25.3 Å². The van der Waals surface area contributed by atoms with E-state index >= 15 is 0 Å². The van der Waals surface area contributed by atoms with Crippen molar-refractivity contribution >= 4 is 5.69 Å². The topological polar surface area (TPSA) is 29.3 Å². The molecule has 0 amide bonds. The minimum Gasteiger partial charge on any atom is -0.374 e. The van der Waals surface area contributed by atoms with Gasteiger partial charge in [0.05, 0.1) is 0 Å². The molecular weight excluding hydrogens is 196 g/mol. The molecule has 2 heteroatoms. The molecule has 0 radical (unpaired) electrons. The van der Waals surface area contributed by atoms with Crippen LogP contribution < -0.4 is 10.6 Å². The first-order valence-electron chi connectivity index (χ1n) is 5.87. The van der Waals surface area contributed by atoms with Gasteiger partial charge in [-0.2, -0.15) is 0 Å². The van der Waals surface area contributed by atoms with Crippen LogP contribution in [-0.2, 0) is 0 Å². The van der Waals surface area contributed by atoms with E-state index in [-0.39, 0.29) is 6.04 Å². The average Bonchev–Trinajstić information content (AvgIpc) is 2.64. The third-order valence-electron chi connectivity index (χ3n) is 3.16. The monoisotopic (exact) mass is 216 g/mol. The third kappa shape index (κ3) is 2.64. The molecule has 1 aliphatic rings. The maximum absolute atomic E-state index is 5.86. The van der Waals surface area contributed by atoms with Gasteiger partial charge in [0.15, 0.2) is 0 Å². The molecule has 0 spiro atoms. The fourth-order valence-corrected chi connectivity index (χ4v) is 2.26. The van der Waals surface area contributed by atoms with Crippen LogP contribution in [0.3, 0.4) is 0 Å². The molecule has 2 atom stereocenters. The van der Waals surface area contributed by atoms with Gasteiger partial charge in [0.2, 0.25) is 0 Å². The molecule has 0 aliphatic heterocycles. The predicted molar refractivity (Wildman–Crippen MR) is 69.7 cm³/mol. The summed E-state index contributed by atoms with van der Waals surface area (Å²) in [6.07, 6.45) is 5.45. The summed E-state index contributed by atoms with van der Waals surface area (Å²) in [5.41, 5.74) is 8.45. The third-order valence-corrected chi connectivity index (χ3v) is 3.16. The van der Waals surface area contributed by atoms with Gasteiger partial charge in [-0.25, -0.2) is 0 Å². The van der Waals surface area contributed by atoms with Gasteiger partial charge in [-0.05, 0) is 37.0 Å². The average molecular weight is 216 g/mol. The quantitative estimate of drug-likeness (QED) is 0.786. The summed E-state index contributed by atoms with van der Waals surface area (Å²) in [6.45, 7) is 3.18. The second-order valence-electron chi connectivity index (χ2n) is 4.76. The van der Waals surface area contributed by atoms with Crippen LogP contribution in [0.25, 0.3) is 0 Å². The van der Waals surface area contributed by atoms with Crippen molar-refractivity contribution < 1.29 is 0 Å². The molecule has 2 unspecified atom stereocenters. The van der Waals surface area contributed by atoms with E-state index in [0.29, 0.717) is 5.92 Å². The Morgan fingerprint density at radius 2 is 2.19 bits per heavy atom. The van der Waals surface area contributed by atoms with Crippen molar-refractivity contribution in [3.8, 4) is 0 Å². The molecule has 0 fully saturated rings. The molecule has 2 rings (SSSR count). The van der Waals surface area contributed by atoms with Gasteiger partial charge < -0.3 is 10.6 Å². The molecule has 16 heavy (non-hydrogen) atoms. The number of benzene rings is 1. The number of anilines is 1. The molecule has 2 nitrogen and oxygen atoms in total. The molecule has 1 aromatic carbocycles. The van der Waals surface area contributed by atoms with Crippen LogP contribution in [0.5, 0.6) is 0 Å². The van der Waals surface area contributed by atoms with E-state index < -0.39 is 0 Å². The second-order valence-corrected chi connectivity index (χ2v) is 4.76. The number of aryl methyl sites for hydroxylation is 1. The van der Waals surface area contributed by atoms with Crippen LogP contribution in [0, 0.1) is 12.8 Å². The standard InChI is InChI=1S/C14H20N2/c1-11-4-3-5-14(8-11)16(2)10-12-6-7-13(15)9-12/h3-8,12-13H,9-10,15H2,1-2H3. The number of hydrogen-bond acceptors (Lipinski definition) is 2. The lowest BCUT2D eigenvalue weighted by atomic mass is 10.1. The molecule has 0 heterocycles. The number of hydrogen-bond donors (Lipinski definition) is 1. The van der Waals surface area contributed by atoms with Crippen molar-refractivity contribution in [1.29, 1.82) is 0 Å². The molecule has 0 bridgehead atoms. The molecule has 86 valence electrons. The van der Waals surface area contributed by atoms with Crippen molar-refractivity contribution in [3.05, 3.63) is 42.0 Å². The van der Waals surface area contributed by atoms with E-state index in [1.807, 2.05) is 0 Å². The SMILES string of the molecule is Cc1cccc(N(C)CC2C=CC(N)C2)c1. The molecule has 0 aromatic heterocycles. The summed E-state index contributed by atoms with van der Waals surface area (Å²) in [7, 11) is 2.15. The van der Waals surface area contributed by atoms with E-state index in [9.17, 15) is 0 Å². The minimum absolute atomic E-state index is 0.260. The summed E-state index contributed by atoms with van der Waals surface area (Å²) in [5, 5.41) is 0. The molecule has 1 aromatic rings. The van der Waals surface area contributed by atoms with Gasteiger partial charge in [-0.1, -0.05) is 24.3 Å². The molecule has 1 aliphatic carbocycles. The van der Waals surface area contributed by atoms with Crippen LogP contribution in [0.4, 0.5) is 5.69 Å². The molecular formula is C14H20N2. The fraction of sp³-hybridized carbons (Fsp3) is 0.429. The highest BCUT2D eigenvalue weighted by molar-refractivity contribution is 5.47. The van der Waals surface area contributed by atoms with E-state index in [2.05, 4.69) is 55.3 Å². The first-order chi connectivity index (χ1) is 7.65. The highest BCUT2D eigenvalue weighted by Crippen LogP contribution is 2.21. The summed E-state index contributed by atoms with van der Waals surface area (Å²) >= 11 is 0. The highest BCUT2D eigenvalue weighted by Gasteiger charge is 2.17. The van der Waals surface area contributed by atoms with Crippen molar-refractivity contribution in [3.63, 3.8) is 0 Å². The summed E-state index contributed by atoms with van der Waals surface area (Å²) in [6, 6.07) is 8.88. The van der Waals surface area contributed by atoms with Gasteiger partial charge in [-0.15, -0.1) is 0 Å². The van der Waals surface area contributed by atoms with E-state index in [1.165, 1.54) is 11.3 Å². The zero-order valence-electron chi connectivity index (χ0n) is 10.1. The van der Waals surface area contributed by atoms with Gasteiger partial charge in [-0.3, -0.25) is 0 Å². The Bertz CT molecular complexity index is 384. The maximum Gasteiger partial charge on any atom is 0.0366 e. The van der Waals surface area contributed by atoms with Crippen LogP contribution in [0.1, 0.15) is 12.0 Å². The van der Waals surface area contributed by atoms with Crippen molar-refractivity contribution in [1.82, 2.24) is 0 Å². The Balaban J connectivity index is 1.98. The zero-order chi connectivity index (χ0) is 11.5. The molecule has 2 N–H and O–H groups in total. The largest absolute Gasteiger partial charge is 0.374 e. The smallest absolute Gasteiger partial charge is 0.0366 e. The Morgan fingerprint density at radius 1 is 1.38 bits per heavy atom. The van der Waals surface area contributed by atoms with Crippen molar-refractivity contribution in [2.75, 3.05) is 18.5 Å². The van der Waals surface area contributed by atoms with Gasteiger partial charge >= 0.3 is 0 Å². The summed E-state index contributed by atoms with van der Waals surface area (Å²) in [5.74, 6) is 0.598. The van der Waals surface area contributed by atoms with Crippen LogP contribution in [-0.4, -0.2) is 19.6 Å². The number of rotatable bonds is 3.